The molecule has 2 aliphatic heterocycles. The van der Waals surface area contributed by atoms with Gasteiger partial charge in [-0.2, -0.15) is 5.10 Å². The molecule has 5 heterocycles. The zero-order chi connectivity index (χ0) is 19.4. The minimum atomic E-state index is -1.04. The molecule has 2 unspecified atom stereocenters. The van der Waals surface area contributed by atoms with Gasteiger partial charge in [0.15, 0.2) is 5.82 Å². The van der Waals surface area contributed by atoms with Crippen molar-refractivity contribution < 1.29 is 9.18 Å². The number of hydrogen-bond donors (Lipinski definition) is 2. The summed E-state index contributed by atoms with van der Waals surface area (Å²) in [6.07, 6.45) is 2.72. The van der Waals surface area contributed by atoms with Crippen LogP contribution >= 0.6 is 0 Å². The van der Waals surface area contributed by atoms with Crippen LogP contribution in [-0.2, 0) is 6.42 Å². The molecule has 0 aliphatic carbocycles. The molecule has 0 aromatic carbocycles. The van der Waals surface area contributed by atoms with Gasteiger partial charge >= 0.3 is 0 Å². The summed E-state index contributed by atoms with van der Waals surface area (Å²) in [6.45, 7) is 3.19. The molecular weight excluding hydrogens is 361 g/mol. The number of halogens is 1. The zero-order valence-corrected chi connectivity index (χ0v) is 15.4. The predicted octanol–water partition coefficient (Wildman–Crippen LogP) is 0.990. The summed E-state index contributed by atoms with van der Waals surface area (Å²) in [5.41, 5.74) is 10.5. The first-order chi connectivity index (χ1) is 13.5. The number of rotatable bonds is 2. The van der Waals surface area contributed by atoms with Gasteiger partial charge in [-0.1, -0.05) is 0 Å². The fraction of sp³-hybridized carbons (Fsp3) is 0.368. The van der Waals surface area contributed by atoms with E-state index in [1.807, 2.05) is 19.1 Å². The van der Waals surface area contributed by atoms with Gasteiger partial charge in [-0.25, -0.2) is 13.9 Å². The lowest BCUT2D eigenvalue weighted by Crippen LogP contribution is -2.49. The summed E-state index contributed by atoms with van der Waals surface area (Å²) < 4.78 is 15.9. The van der Waals surface area contributed by atoms with Crippen LogP contribution in [0.4, 0.5) is 10.2 Å². The standard InChI is InChI=1S/C19H20FN7O/c1-10-4-15(27-17(10)18(21)24-9-25-27)11-5-12-14(23-6-11)2-3-26(19(12)28)16-8-22-7-13(16)20/h4-6,9,13,16,22H,2-3,7-8H2,1H3,(H2,21,24,25). The van der Waals surface area contributed by atoms with Crippen molar-refractivity contribution in [3.05, 3.63) is 41.5 Å². The SMILES string of the molecule is Cc1cc(-c2cnc3c(c2)C(=O)N(C2CNCC2F)CC3)n2ncnc(N)c12. The Morgan fingerprint density at radius 1 is 1.29 bits per heavy atom. The van der Waals surface area contributed by atoms with Crippen molar-refractivity contribution in [2.45, 2.75) is 25.6 Å². The molecule has 1 saturated heterocycles. The Morgan fingerprint density at radius 2 is 2.14 bits per heavy atom. The van der Waals surface area contributed by atoms with Crippen LogP contribution < -0.4 is 11.1 Å². The number of carbonyl (C=O) groups excluding carboxylic acids is 1. The number of amides is 1. The van der Waals surface area contributed by atoms with Crippen molar-refractivity contribution in [3.63, 3.8) is 0 Å². The quantitative estimate of drug-likeness (QED) is 0.687. The molecule has 5 rings (SSSR count). The largest absolute Gasteiger partial charge is 0.382 e. The van der Waals surface area contributed by atoms with E-state index in [9.17, 15) is 9.18 Å². The van der Waals surface area contributed by atoms with E-state index in [1.165, 1.54) is 6.33 Å². The van der Waals surface area contributed by atoms with Gasteiger partial charge in [-0.05, 0) is 24.6 Å². The minimum Gasteiger partial charge on any atom is -0.382 e. The maximum atomic E-state index is 14.2. The van der Waals surface area contributed by atoms with E-state index >= 15 is 0 Å². The fourth-order valence-electron chi connectivity index (χ4n) is 4.21. The molecule has 1 fully saturated rings. The molecule has 28 heavy (non-hydrogen) atoms. The Kier molecular flexibility index (Phi) is 3.80. The first-order valence-electron chi connectivity index (χ1n) is 9.28. The number of anilines is 1. The number of nitrogens with two attached hydrogens (primary N) is 1. The molecule has 9 heteroatoms. The van der Waals surface area contributed by atoms with Gasteiger partial charge in [-0.3, -0.25) is 9.78 Å². The smallest absolute Gasteiger partial charge is 0.256 e. The highest BCUT2D eigenvalue weighted by Crippen LogP contribution is 2.30. The van der Waals surface area contributed by atoms with Gasteiger partial charge in [-0.15, -0.1) is 0 Å². The van der Waals surface area contributed by atoms with Crippen LogP contribution in [0, 0.1) is 6.92 Å². The molecule has 3 N–H and O–H groups in total. The number of hydrogen-bond acceptors (Lipinski definition) is 6. The number of nitrogen functional groups attached to an aromatic ring is 1. The van der Waals surface area contributed by atoms with Crippen molar-refractivity contribution in [1.29, 1.82) is 0 Å². The Morgan fingerprint density at radius 3 is 2.93 bits per heavy atom. The van der Waals surface area contributed by atoms with Gasteiger partial charge < -0.3 is 16.0 Å². The lowest BCUT2D eigenvalue weighted by atomic mass is 9.99. The maximum absolute atomic E-state index is 14.2. The van der Waals surface area contributed by atoms with E-state index in [0.717, 1.165) is 28.0 Å². The Bertz CT molecular complexity index is 1100. The first kappa shape index (κ1) is 17.1. The van der Waals surface area contributed by atoms with Gasteiger partial charge in [0, 0.05) is 37.8 Å². The second-order valence-corrected chi connectivity index (χ2v) is 7.33. The molecule has 2 aliphatic rings. The van der Waals surface area contributed by atoms with Crippen molar-refractivity contribution in [2.75, 3.05) is 25.4 Å². The van der Waals surface area contributed by atoms with Crippen LogP contribution in [0.3, 0.4) is 0 Å². The molecule has 1 amide bonds. The Hall–Kier alpha value is -3.07. The van der Waals surface area contributed by atoms with Crippen LogP contribution in [0.5, 0.6) is 0 Å². The average molecular weight is 381 g/mol. The monoisotopic (exact) mass is 381 g/mol. The minimum absolute atomic E-state index is 0.168. The number of nitrogens with one attached hydrogen (secondary N) is 1. The van der Waals surface area contributed by atoms with Gasteiger partial charge in [0.2, 0.25) is 0 Å². The molecular formula is C19H20FN7O. The van der Waals surface area contributed by atoms with Gasteiger partial charge in [0.1, 0.15) is 18.0 Å². The van der Waals surface area contributed by atoms with Crippen molar-refractivity contribution in [1.82, 2.24) is 29.8 Å². The second kappa shape index (κ2) is 6.23. The number of nitrogens with zero attached hydrogens (tertiary/aromatic N) is 5. The van der Waals surface area contributed by atoms with Crippen LogP contribution in [0.2, 0.25) is 0 Å². The summed E-state index contributed by atoms with van der Waals surface area (Å²) in [7, 11) is 0. The molecule has 0 radical (unpaired) electrons. The van der Waals surface area contributed by atoms with E-state index in [-0.39, 0.29) is 12.5 Å². The van der Waals surface area contributed by atoms with E-state index in [2.05, 4.69) is 20.4 Å². The highest BCUT2D eigenvalue weighted by molar-refractivity contribution is 5.97. The van der Waals surface area contributed by atoms with Crippen LogP contribution in [0.1, 0.15) is 21.6 Å². The van der Waals surface area contributed by atoms with E-state index in [0.29, 0.717) is 30.9 Å². The Balaban J connectivity index is 1.58. The van der Waals surface area contributed by atoms with Crippen molar-refractivity contribution in [3.8, 4) is 11.3 Å². The lowest BCUT2D eigenvalue weighted by Gasteiger charge is -2.33. The first-order valence-corrected chi connectivity index (χ1v) is 9.28. The molecule has 3 aromatic heterocycles. The fourth-order valence-corrected chi connectivity index (χ4v) is 4.21. The molecule has 0 saturated carbocycles. The third-order valence-electron chi connectivity index (χ3n) is 5.63. The normalized spacial score (nSPS) is 22.1. The summed E-state index contributed by atoms with van der Waals surface area (Å²) in [4.78, 5) is 23.3. The average Bonchev–Trinajstić information content (AvgIpc) is 3.26. The topological polar surface area (TPSA) is 101 Å². The number of aromatic nitrogens is 4. The van der Waals surface area contributed by atoms with Crippen LogP contribution in [0.25, 0.3) is 16.8 Å². The van der Waals surface area contributed by atoms with E-state index in [1.54, 1.807) is 15.6 Å². The van der Waals surface area contributed by atoms with Gasteiger partial charge in [0.05, 0.1) is 23.0 Å². The summed E-state index contributed by atoms with van der Waals surface area (Å²) >= 11 is 0. The number of carbonyl (C=O) groups is 1. The van der Waals surface area contributed by atoms with Crippen LogP contribution in [0.15, 0.2) is 24.7 Å². The molecule has 0 spiro atoms. The second-order valence-electron chi connectivity index (χ2n) is 7.33. The maximum Gasteiger partial charge on any atom is 0.256 e. The van der Waals surface area contributed by atoms with E-state index < -0.39 is 12.2 Å². The summed E-state index contributed by atoms with van der Waals surface area (Å²) in [5.74, 6) is 0.230. The Labute approximate surface area is 160 Å². The summed E-state index contributed by atoms with van der Waals surface area (Å²) in [5, 5.41) is 7.32. The van der Waals surface area contributed by atoms with Crippen LogP contribution in [-0.4, -0.2) is 62.2 Å². The lowest BCUT2D eigenvalue weighted by molar-refractivity contribution is 0.0601. The van der Waals surface area contributed by atoms with Crippen molar-refractivity contribution in [2.24, 2.45) is 0 Å². The predicted molar refractivity (Wildman–Crippen MR) is 102 cm³/mol. The van der Waals surface area contributed by atoms with Gasteiger partial charge in [0.25, 0.3) is 5.91 Å². The van der Waals surface area contributed by atoms with Crippen molar-refractivity contribution >= 4 is 17.2 Å². The van der Waals surface area contributed by atoms with E-state index in [4.69, 9.17) is 5.73 Å². The third kappa shape index (κ3) is 2.46. The molecule has 8 nitrogen and oxygen atoms in total. The molecule has 144 valence electrons. The molecule has 2 atom stereocenters. The summed E-state index contributed by atoms with van der Waals surface area (Å²) in [6, 6.07) is 3.35. The number of alkyl halides is 1. The molecule has 0 bridgehead atoms. The highest BCUT2D eigenvalue weighted by atomic mass is 19.1. The number of fused-ring (bicyclic) bond motifs is 2. The number of aryl methyl sites for hydroxylation is 1. The zero-order valence-electron chi connectivity index (χ0n) is 15.4. The molecule has 3 aromatic rings. The number of pyridine rings is 1. The highest BCUT2D eigenvalue weighted by Gasteiger charge is 2.38. The third-order valence-corrected chi connectivity index (χ3v) is 5.63.